The lowest BCUT2D eigenvalue weighted by molar-refractivity contribution is -0.132. The fourth-order valence-corrected chi connectivity index (χ4v) is 4.46. The first-order valence-electron chi connectivity index (χ1n) is 13.1. The van der Waals surface area contributed by atoms with Crippen LogP contribution in [0.3, 0.4) is 0 Å². The summed E-state index contributed by atoms with van der Waals surface area (Å²) in [5, 5.41) is 11.5. The van der Waals surface area contributed by atoms with E-state index in [1.807, 2.05) is 38.1 Å². The average molecular weight is 514 g/mol. The third kappa shape index (κ3) is 5.75. The lowest BCUT2D eigenvalue weighted by Gasteiger charge is -2.26. The third-order valence-electron chi connectivity index (χ3n) is 6.33. The van der Waals surface area contributed by atoms with Gasteiger partial charge in [-0.1, -0.05) is 57.2 Å². The fourth-order valence-electron chi connectivity index (χ4n) is 4.46. The molecule has 38 heavy (non-hydrogen) atoms. The first kappa shape index (κ1) is 27.0. The minimum atomic E-state index is -0.794. The number of hydrogen-bond acceptors (Lipinski definition) is 5. The molecule has 3 aromatic rings. The molecule has 0 radical (unpaired) electrons. The molecule has 1 amide bonds. The van der Waals surface area contributed by atoms with Crippen LogP contribution in [-0.2, 0) is 16.0 Å². The summed E-state index contributed by atoms with van der Waals surface area (Å²) in [4.78, 5) is 28.4. The van der Waals surface area contributed by atoms with E-state index >= 15 is 0 Å². The van der Waals surface area contributed by atoms with Crippen molar-refractivity contribution in [2.75, 3.05) is 11.5 Å². The second-order valence-corrected chi connectivity index (χ2v) is 10.2. The zero-order chi connectivity index (χ0) is 27.4. The van der Waals surface area contributed by atoms with Crippen LogP contribution in [0.15, 0.2) is 78.4 Å². The minimum Gasteiger partial charge on any atom is -0.507 e. The van der Waals surface area contributed by atoms with Crippen molar-refractivity contribution in [3.05, 3.63) is 95.1 Å². The predicted molar refractivity (Wildman–Crippen MR) is 150 cm³/mol. The molecule has 1 heterocycles. The Morgan fingerprint density at radius 1 is 0.921 bits per heavy atom. The summed E-state index contributed by atoms with van der Waals surface area (Å²) < 4.78 is 11.6. The summed E-state index contributed by atoms with van der Waals surface area (Å²) in [5.74, 6) is -0.0703. The molecule has 3 aromatic carbocycles. The van der Waals surface area contributed by atoms with Gasteiger partial charge in [0.25, 0.3) is 11.7 Å². The monoisotopic (exact) mass is 513 g/mol. The summed E-state index contributed by atoms with van der Waals surface area (Å²) >= 11 is 0. The molecule has 1 aliphatic heterocycles. The molecule has 4 rings (SSSR count). The topological polar surface area (TPSA) is 76.1 Å². The number of anilines is 1. The molecule has 198 valence electrons. The van der Waals surface area contributed by atoms with Crippen LogP contribution in [-0.4, -0.2) is 29.5 Å². The van der Waals surface area contributed by atoms with E-state index in [1.54, 1.807) is 48.5 Å². The maximum Gasteiger partial charge on any atom is 0.300 e. The van der Waals surface area contributed by atoms with Gasteiger partial charge in [0.2, 0.25) is 0 Å². The van der Waals surface area contributed by atoms with Crippen molar-refractivity contribution in [3.8, 4) is 11.5 Å². The molecule has 0 aromatic heterocycles. The van der Waals surface area contributed by atoms with E-state index in [0.717, 1.165) is 17.5 Å². The first-order chi connectivity index (χ1) is 18.2. The number of nitrogens with zero attached hydrogens (tertiary/aromatic N) is 1. The summed E-state index contributed by atoms with van der Waals surface area (Å²) in [6, 6.07) is 21.0. The highest BCUT2D eigenvalue weighted by molar-refractivity contribution is 6.51. The number of benzene rings is 3. The van der Waals surface area contributed by atoms with Crippen molar-refractivity contribution >= 4 is 23.1 Å². The number of aliphatic hydroxyl groups excluding tert-OH is 1. The van der Waals surface area contributed by atoms with Gasteiger partial charge in [-0.3, -0.25) is 14.5 Å². The number of aliphatic hydroxyl groups is 1. The van der Waals surface area contributed by atoms with Crippen LogP contribution in [0.1, 0.15) is 57.4 Å². The SMILES string of the molecule is CCc1ccc(C2/C(=C(/O)c3cccc(OCC(C)C)c3)C(=O)C(=O)N2c2ccc(OC(C)C)cc2)cc1. The number of ether oxygens (including phenoxy) is 2. The lowest BCUT2D eigenvalue weighted by Crippen LogP contribution is -2.29. The summed E-state index contributed by atoms with van der Waals surface area (Å²) in [7, 11) is 0. The predicted octanol–water partition coefficient (Wildman–Crippen LogP) is 6.70. The quantitative estimate of drug-likeness (QED) is 0.196. The van der Waals surface area contributed by atoms with Crippen molar-refractivity contribution in [2.24, 2.45) is 5.92 Å². The number of ketones is 1. The summed E-state index contributed by atoms with van der Waals surface area (Å²) in [5.41, 5.74) is 2.87. The van der Waals surface area contributed by atoms with E-state index in [2.05, 4.69) is 20.8 Å². The Bertz CT molecular complexity index is 1320. The van der Waals surface area contributed by atoms with E-state index in [0.29, 0.717) is 35.3 Å². The molecular formula is C32H35NO5. The molecule has 0 spiro atoms. The lowest BCUT2D eigenvalue weighted by atomic mass is 9.94. The van der Waals surface area contributed by atoms with Crippen molar-refractivity contribution in [1.29, 1.82) is 0 Å². The van der Waals surface area contributed by atoms with Gasteiger partial charge in [0.15, 0.2) is 0 Å². The third-order valence-corrected chi connectivity index (χ3v) is 6.33. The molecule has 6 nitrogen and oxygen atoms in total. The molecule has 1 N–H and O–H groups in total. The molecule has 0 saturated carbocycles. The molecule has 1 aliphatic rings. The maximum atomic E-state index is 13.5. The molecule has 1 saturated heterocycles. The second-order valence-electron chi connectivity index (χ2n) is 10.2. The van der Waals surface area contributed by atoms with Crippen LogP contribution in [0.25, 0.3) is 5.76 Å². The van der Waals surface area contributed by atoms with Crippen molar-refractivity contribution in [2.45, 2.75) is 53.2 Å². The molecule has 6 heteroatoms. The zero-order valence-electron chi connectivity index (χ0n) is 22.6. The van der Waals surface area contributed by atoms with E-state index in [4.69, 9.17) is 9.47 Å². The molecule has 1 unspecified atom stereocenters. The minimum absolute atomic E-state index is 0.00689. The molecule has 0 bridgehead atoms. The van der Waals surface area contributed by atoms with Gasteiger partial charge in [0.05, 0.1) is 24.3 Å². The van der Waals surface area contributed by atoms with E-state index < -0.39 is 17.7 Å². The number of aryl methyl sites for hydroxylation is 1. The van der Waals surface area contributed by atoms with Crippen LogP contribution in [0.4, 0.5) is 5.69 Å². The number of carbonyl (C=O) groups is 2. The van der Waals surface area contributed by atoms with Gasteiger partial charge in [-0.2, -0.15) is 0 Å². The Hall–Kier alpha value is -4.06. The number of amides is 1. The van der Waals surface area contributed by atoms with Gasteiger partial charge in [-0.05, 0) is 73.7 Å². The van der Waals surface area contributed by atoms with Crippen LogP contribution >= 0.6 is 0 Å². The summed E-state index contributed by atoms with van der Waals surface area (Å²) in [6.45, 7) is 10.6. The molecule has 1 atom stereocenters. The molecule has 1 fully saturated rings. The van der Waals surface area contributed by atoms with Gasteiger partial charge >= 0.3 is 0 Å². The van der Waals surface area contributed by atoms with E-state index in [9.17, 15) is 14.7 Å². The highest BCUT2D eigenvalue weighted by atomic mass is 16.5. The number of Topliss-reactive ketones (excluding diaryl/α,β-unsaturated/α-hetero) is 1. The van der Waals surface area contributed by atoms with Crippen molar-refractivity contribution in [1.82, 2.24) is 0 Å². The van der Waals surface area contributed by atoms with E-state index in [-0.39, 0.29) is 17.4 Å². The Morgan fingerprint density at radius 3 is 2.21 bits per heavy atom. The fraction of sp³-hybridized carbons (Fsp3) is 0.312. The Morgan fingerprint density at radius 2 is 1.61 bits per heavy atom. The van der Waals surface area contributed by atoms with Gasteiger partial charge in [0, 0.05) is 11.3 Å². The highest BCUT2D eigenvalue weighted by Crippen LogP contribution is 2.42. The Balaban J connectivity index is 1.82. The zero-order valence-corrected chi connectivity index (χ0v) is 22.6. The van der Waals surface area contributed by atoms with Gasteiger partial charge < -0.3 is 14.6 Å². The maximum absolute atomic E-state index is 13.5. The average Bonchev–Trinajstić information content (AvgIpc) is 3.17. The van der Waals surface area contributed by atoms with Gasteiger partial charge in [-0.25, -0.2) is 0 Å². The normalized spacial score (nSPS) is 16.9. The Labute approximate surface area is 224 Å². The van der Waals surface area contributed by atoms with Crippen LogP contribution < -0.4 is 14.4 Å². The highest BCUT2D eigenvalue weighted by Gasteiger charge is 2.47. The molecule has 0 aliphatic carbocycles. The van der Waals surface area contributed by atoms with Gasteiger partial charge in [0.1, 0.15) is 17.3 Å². The van der Waals surface area contributed by atoms with Crippen molar-refractivity contribution in [3.63, 3.8) is 0 Å². The van der Waals surface area contributed by atoms with E-state index in [1.165, 1.54) is 4.90 Å². The summed E-state index contributed by atoms with van der Waals surface area (Å²) in [6.07, 6.45) is 0.869. The standard InChI is InChI=1S/C32H35NO5/c1-6-22-10-12-23(13-11-22)29-28(30(34)24-8-7-9-27(18-24)37-19-20(2)3)31(35)32(36)33(29)25-14-16-26(17-15-25)38-21(4)5/h7-18,20-21,29,34H,6,19H2,1-5H3/b30-28-. The molecular weight excluding hydrogens is 478 g/mol. The number of carbonyl (C=O) groups excluding carboxylic acids is 2. The number of hydrogen-bond donors (Lipinski definition) is 1. The largest absolute Gasteiger partial charge is 0.507 e. The van der Waals surface area contributed by atoms with Crippen LogP contribution in [0.2, 0.25) is 0 Å². The van der Waals surface area contributed by atoms with Gasteiger partial charge in [-0.15, -0.1) is 0 Å². The Kier molecular flexibility index (Phi) is 8.20. The second kappa shape index (κ2) is 11.5. The van der Waals surface area contributed by atoms with Crippen LogP contribution in [0, 0.1) is 5.92 Å². The first-order valence-corrected chi connectivity index (χ1v) is 13.1. The smallest absolute Gasteiger partial charge is 0.300 e. The van der Waals surface area contributed by atoms with Crippen molar-refractivity contribution < 1.29 is 24.2 Å². The number of rotatable bonds is 9. The van der Waals surface area contributed by atoms with Crippen LogP contribution in [0.5, 0.6) is 11.5 Å².